The molecule has 0 saturated heterocycles. The molecule has 19 heavy (non-hydrogen) atoms. The average Bonchev–Trinajstić information content (AvgIpc) is 2.83. The van der Waals surface area contributed by atoms with Crippen LogP contribution in [0.3, 0.4) is 0 Å². The van der Waals surface area contributed by atoms with Gasteiger partial charge >= 0.3 is 110 Å². The van der Waals surface area contributed by atoms with Crippen molar-refractivity contribution in [3.63, 3.8) is 0 Å². The number of benzene rings is 2. The quantitative estimate of drug-likeness (QED) is 0.702. The number of rotatable bonds is 3. The van der Waals surface area contributed by atoms with Crippen LogP contribution in [0.25, 0.3) is 11.0 Å². The van der Waals surface area contributed by atoms with Gasteiger partial charge in [-0.1, -0.05) is 0 Å². The number of ether oxygens (including phenoxy) is 1. The fourth-order valence-electron chi connectivity index (χ4n) is 2.05. The molecule has 0 bridgehead atoms. The van der Waals surface area contributed by atoms with Crippen molar-refractivity contribution in [3.05, 3.63) is 54.1 Å². The molecule has 3 aromatic rings. The topological polar surface area (TPSA) is 74.4 Å². The molecule has 2 aromatic carbocycles. The summed E-state index contributed by atoms with van der Waals surface area (Å²) >= 11 is 0. The van der Waals surface area contributed by atoms with E-state index >= 15 is 0 Å². The van der Waals surface area contributed by atoms with Gasteiger partial charge in [0.2, 0.25) is 0 Å². The Kier molecular flexibility index (Phi) is 3.07. The summed E-state index contributed by atoms with van der Waals surface area (Å²) in [6.07, 6.45) is -0.570. The third-order valence-electron chi connectivity index (χ3n) is 2.93. The predicted molar refractivity (Wildman–Crippen MR) is 75.2 cm³/mol. The number of nitrogens with two attached hydrogens (primary N) is 2. The van der Waals surface area contributed by atoms with Crippen LogP contribution in [0.4, 0.5) is 0 Å². The molecule has 94 valence electrons. The number of hydrogen-bond donors (Lipinski definition) is 2. The van der Waals surface area contributed by atoms with E-state index in [4.69, 9.17) is 20.5 Å². The second kappa shape index (κ2) is 4.88. The first-order chi connectivity index (χ1) is 9.25. The fraction of sp³-hybridized carbons (Fsp3) is 0.0714. The zero-order chi connectivity index (χ0) is 13.2. The average molecular weight is 252 g/mol. The van der Waals surface area contributed by atoms with E-state index < -0.39 is 6.17 Å². The van der Waals surface area contributed by atoms with Crippen LogP contribution in [-0.4, -0.2) is 7.13 Å². The van der Waals surface area contributed by atoms with Crippen LogP contribution in [0, 0.1) is 0 Å². The number of fused-ring (bicyclic) bond motifs is 1. The Labute approximate surface area is 111 Å². The van der Waals surface area contributed by atoms with E-state index in [9.17, 15) is 0 Å². The summed E-state index contributed by atoms with van der Waals surface area (Å²) in [5.74, 6) is 0.741. The fourth-order valence-corrected chi connectivity index (χ4v) is 2.05. The molecule has 4 N–H and O–H groups in total. The van der Waals surface area contributed by atoms with E-state index in [0.29, 0.717) is 11.2 Å². The minimum absolute atomic E-state index is 0.570. The maximum absolute atomic E-state index is 5.82. The standard InChI is InChI=1S/C14H13BN2O2/c16-14(17)10-7-4-8-11-12(10)13(15-19-11)18-9-5-2-1-3-6-9/h1-8,14H,16-17H2. The van der Waals surface area contributed by atoms with E-state index in [-0.39, 0.29) is 0 Å². The van der Waals surface area contributed by atoms with Crippen molar-refractivity contribution in [1.82, 2.24) is 0 Å². The second-order valence-electron chi connectivity index (χ2n) is 4.26. The Hall–Kier alpha value is -2.11. The van der Waals surface area contributed by atoms with Crippen LogP contribution >= 0.6 is 0 Å². The van der Waals surface area contributed by atoms with Crippen molar-refractivity contribution in [2.75, 3.05) is 0 Å². The molecule has 0 aliphatic rings. The van der Waals surface area contributed by atoms with Crippen molar-refractivity contribution in [2.24, 2.45) is 11.5 Å². The SMILES string of the molecule is NC(N)c1cccc2obc(Oc3ccccc3)c12. The van der Waals surface area contributed by atoms with Gasteiger partial charge in [0.1, 0.15) is 0 Å². The first-order valence-electron chi connectivity index (χ1n) is 6.00. The molecular weight excluding hydrogens is 239 g/mol. The van der Waals surface area contributed by atoms with Crippen LogP contribution in [0.1, 0.15) is 11.7 Å². The summed E-state index contributed by atoms with van der Waals surface area (Å²) in [5, 5.41) is 0.821. The third-order valence-corrected chi connectivity index (χ3v) is 2.93. The predicted octanol–water partition coefficient (Wildman–Crippen LogP) is 2.48. The van der Waals surface area contributed by atoms with Gasteiger partial charge in [-0.05, 0) is 0 Å². The van der Waals surface area contributed by atoms with Gasteiger partial charge in [-0.15, -0.1) is 0 Å². The van der Waals surface area contributed by atoms with Crippen LogP contribution in [0.15, 0.2) is 52.9 Å². The Bertz CT molecular complexity index is 695. The van der Waals surface area contributed by atoms with Crippen molar-refractivity contribution >= 4 is 18.1 Å². The van der Waals surface area contributed by atoms with E-state index in [0.717, 1.165) is 16.7 Å². The zero-order valence-corrected chi connectivity index (χ0v) is 10.2. The van der Waals surface area contributed by atoms with Crippen molar-refractivity contribution < 1.29 is 9.07 Å². The van der Waals surface area contributed by atoms with Crippen molar-refractivity contribution in [3.8, 4) is 11.4 Å². The molecule has 0 unspecified atom stereocenters. The zero-order valence-electron chi connectivity index (χ0n) is 10.2. The van der Waals surface area contributed by atoms with E-state index in [1.54, 1.807) is 7.13 Å². The molecule has 0 spiro atoms. The second-order valence-corrected chi connectivity index (χ2v) is 4.26. The molecule has 0 atom stereocenters. The Morgan fingerprint density at radius 1 is 1.00 bits per heavy atom. The molecule has 3 rings (SSSR count). The van der Waals surface area contributed by atoms with Crippen molar-refractivity contribution in [1.29, 1.82) is 0 Å². The molecule has 1 heterocycles. The maximum atomic E-state index is 5.82. The summed E-state index contributed by atoms with van der Waals surface area (Å²) in [5.41, 5.74) is 13.7. The van der Waals surface area contributed by atoms with Gasteiger partial charge in [-0.2, -0.15) is 0 Å². The van der Waals surface area contributed by atoms with Gasteiger partial charge < -0.3 is 0 Å². The molecule has 0 aliphatic heterocycles. The molecule has 5 heteroatoms. The van der Waals surface area contributed by atoms with Gasteiger partial charge in [0, 0.05) is 0 Å². The minimum atomic E-state index is -0.570. The summed E-state index contributed by atoms with van der Waals surface area (Å²) in [4.78, 5) is 0. The molecule has 4 nitrogen and oxygen atoms in total. The summed E-state index contributed by atoms with van der Waals surface area (Å²) in [6.45, 7) is 0. The first-order valence-corrected chi connectivity index (χ1v) is 6.00. The van der Waals surface area contributed by atoms with Crippen LogP contribution in [0.2, 0.25) is 0 Å². The van der Waals surface area contributed by atoms with Crippen LogP contribution < -0.4 is 16.2 Å². The molecular formula is C14H13BN2O2. The Balaban J connectivity index is 2.09. The van der Waals surface area contributed by atoms with Gasteiger partial charge in [0.05, 0.1) is 0 Å². The normalized spacial score (nSPS) is 10.9. The van der Waals surface area contributed by atoms with E-state index in [1.807, 2.05) is 48.5 Å². The van der Waals surface area contributed by atoms with Gasteiger partial charge in [0.25, 0.3) is 0 Å². The van der Waals surface area contributed by atoms with Gasteiger partial charge in [0.15, 0.2) is 0 Å². The molecule has 1 aromatic heterocycles. The molecule has 0 aliphatic carbocycles. The van der Waals surface area contributed by atoms with Crippen LogP contribution in [-0.2, 0) is 0 Å². The molecule has 0 saturated carbocycles. The van der Waals surface area contributed by atoms with Crippen LogP contribution in [0.5, 0.6) is 11.4 Å². The third kappa shape index (κ3) is 2.25. The first kappa shape index (κ1) is 12.0. The van der Waals surface area contributed by atoms with E-state index in [1.165, 1.54) is 0 Å². The Morgan fingerprint density at radius 3 is 2.53 bits per heavy atom. The molecule has 0 radical (unpaired) electrons. The van der Waals surface area contributed by atoms with E-state index in [2.05, 4.69) is 0 Å². The summed E-state index contributed by atoms with van der Waals surface area (Å²) in [7, 11) is 1.57. The Morgan fingerprint density at radius 2 is 1.79 bits per heavy atom. The molecule has 0 fully saturated rings. The van der Waals surface area contributed by atoms with Gasteiger partial charge in [-0.3, -0.25) is 0 Å². The summed E-state index contributed by atoms with van der Waals surface area (Å²) in [6, 6.07) is 15.1. The van der Waals surface area contributed by atoms with Gasteiger partial charge in [-0.25, -0.2) is 0 Å². The number of hydrogen-bond acceptors (Lipinski definition) is 4. The monoisotopic (exact) mass is 252 g/mol. The number of para-hydroxylation sites is 1. The molecule has 0 amide bonds. The van der Waals surface area contributed by atoms with Crippen molar-refractivity contribution in [2.45, 2.75) is 6.17 Å². The summed E-state index contributed by atoms with van der Waals surface area (Å²) < 4.78 is 11.3.